The predicted octanol–water partition coefficient (Wildman–Crippen LogP) is 3.40. The highest BCUT2D eigenvalue weighted by molar-refractivity contribution is 7.92. The number of nitrogens with zero attached hydrogens (tertiary/aromatic N) is 1. The number of hydrogen-bond acceptors (Lipinski definition) is 4. The third-order valence-electron chi connectivity index (χ3n) is 4.29. The van der Waals surface area contributed by atoms with E-state index in [0.29, 0.717) is 36.9 Å². The van der Waals surface area contributed by atoms with Crippen LogP contribution in [-0.2, 0) is 10.0 Å². The molecule has 0 spiro atoms. The van der Waals surface area contributed by atoms with Gasteiger partial charge in [0.2, 0.25) is 10.0 Å². The van der Waals surface area contributed by atoms with Gasteiger partial charge in [-0.2, -0.15) is 0 Å². The van der Waals surface area contributed by atoms with Crippen molar-refractivity contribution in [3.63, 3.8) is 0 Å². The summed E-state index contributed by atoms with van der Waals surface area (Å²) in [5.41, 5.74) is 2.14. The van der Waals surface area contributed by atoms with Crippen LogP contribution in [0.5, 0.6) is 5.75 Å². The van der Waals surface area contributed by atoms with Crippen molar-refractivity contribution in [1.82, 2.24) is 5.32 Å². The Balaban J connectivity index is 1.90. The highest BCUT2D eigenvalue weighted by Crippen LogP contribution is 2.25. The minimum Gasteiger partial charge on any atom is -0.491 e. The molecule has 0 heterocycles. The van der Waals surface area contributed by atoms with E-state index in [9.17, 15) is 13.2 Å². The number of rotatable bonds is 9. The average molecular weight is 405 g/mol. The number of anilines is 1. The van der Waals surface area contributed by atoms with E-state index in [-0.39, 0.29) is 5.91 Å². The van der Waals surface area contributed by atoms with Gasteiger partial charge >= 0.3 is 0 Å². The normalized spacial score (nSPS) is 11.3. The minimum atomic E-state index is -3.34. The van der Waals surface area contributed by atoms with E-state index in [1.807, 2.05) is 24.3 Å². The molecule has 0 aromatic heterocycles. The van der Waals surface area contributed by atoms with Crippen molar-refractivity contribution in [2.24, 2.45) is 0 Å². The first-order valence-corrected chi connectivity index (χ1v) is 11.2. The molecule has 0 fully saturated rings. The molecule has 0 saturated heterocycles. The van der Waals surface area contributed by atoms with Crippen LogP contribution in [0.3, 0.4) is 0 Å². The van der Waals surface area contributed by atoms with Gasteiger partial charge in [-0.15, -0.1) is 0 Å². The molecule has 28 heavy (non-hydrogen) atoms. The molecule has 2 aromatic carbocycles. The largest absolute Gasteiger partial charge is 0.491 e. The van der Waals surface area contributed by atoms with Crippen molar-refractivity contribution in [3.05, 3.63) is 59.7 Å². The molecule has 0 bridgehead atoms. The molecule has 7 heteroatoms. The molecule has 2 aromatic rings. The highest BCUT2D eigenvalue weighted by atomic mass is 32.2. The standard InChI is InChI=1S/C21H28N2O4S/c1-5-23(28(4,25)26)18-12-10-17(11-13-18)21(24)22-14-15-27-20-9-7-6-8-19(20)16(2)3/h6-13,16H,5,14-15H2,1-4H3,(H,22,24). The first-order valence-electron chi connectivity index (χ1n) is 9.31. The SMILES string of the molecule is CCN(c1ccc(C(=O)NCCOc2ccccc2C(C)C)cc1)S(C)(=O)=O. The molecule has 1 amide bonds. The number of hydrogen-bond donors (Lipinski definition) is 1. The van der Waals surface area contributed by atoms with Gasteiger partial charge < -0.3 is 10.1 Å². The molecule has 6 nitrogen and oxygen atoms in total. The fourth-order valence-electron chi connectivity index (χ4n) is 2.90. The fourth-order valence-corrected chi connectivity index (χ4v) is 3.88. The molecular formula is C21H28N2O4S. The Morgan fingerprint density at radius 2 is 1.75 bits per heavy atom. The zero-order valence-electron chi connectivity index (χ0n) is 16.8. The smallest absolute Gasteiger partial charge is 0.251 e. The topological polar surface area (TPSA) is 75.7 Å². The number of benzene rings is 2. The van der Waals surface area contributed by atoms with Gasteiger partial charge in [0.15, 0.2) is 0 Å². The second-order valence-electron chi connectivity index (χ2n) is 6.77. The minimum absolute atomic E-state index is 0.227. The molecule has 0 atom stereocenters. The monoisotopic (exact) mass is 404 g/mol. The van der Waals surface area contributed by atoms with Crippen molar-refractivity contribution in [2.75, 3.05) is 30.3 Å². The maximum absolute atomic E-state index is 12.3. The third kappa shape index (κ3) is 5.73. The van der Waals surface area contributed by atoms with Gasteiger partial charge in [-0.05, 0) is 48.7 Å². The van der Waals surface area contributed by atoms with Crippen LogP contribution >= 0.6 is 0 Å². The summed E-state index contributed by atoms with van der Waals surface area (Å²) in [6, 6.07) is 14.4. The lowest BCUT2D eigenvalue weighted by atomic mass is 10.0. The summed E-state index contributed by atoms with van der Waals surface area (Å²) in [7, 11) is -3.34. The van der Waals surface area contributed by atoms with Crippen LogP contribution in [-0.4, -0.2) is 40.3 Å². The summed E-state index contributed by atoms with van der Waals surface area (Å²) in [4.78, 5) is 12.3. The van der Waals surface area contributed by atoms with Crippen LogP contribution in [0.4, 0.5) is 5.69 Å². The van der Waals surface area contributed by atoms with Crippen LogP contribution in [0.2, 0.25) is 0 Å². The van der Waals surface area contributed by atoms with E-state index >= 15 is 0 Å². The van der Waals surface area contributed by atoms with E-state index in [1.54, 1.807) is 31.2 Å². The summed E-state index contributed by atoms with van der Waals surface area (Å²) in [5.74, 6) is 0.963. The number of amides is 1. The molecule has 2 rings (SSSR count). The second kappa shape index (κ2) is 9.59. The van der Waals surface area contributed by atoms with Crippen LogP contribution < -0.4 is 14.4 Å². The number of nitrogens with one attached hydrogen (secondary N) is 1. The number of carbonyl (C=O) groups is 1. The lowest BCUT2D eigenvalue weighted by molar-refractivity contribution is 0.0947. The van der Waals surface area contributed by atoms with Crippen molar-refractivity contribution < 1.29 is 17.9 Å². The summed E-state index contributed by atoms with van der Waals surface area (Å²) in [6.07, 6.45) is 1.16. The van der Waals surface area contributed by atoms with Crippen molar-refractivity contribution in [1.29, 1.82) is 0 Å². The van der Waals surface area contributed by atoms with Crippen molar-refractivity contribution >= 4 is 21.6 Å². The average Bonchev–Trinajstić information content (AvgIpc) is 2.65. The van der Waals surface area contributed by atoms with Crippen LogP contribution in [0.25, 0.3) is 0 Å². The first kappa shape index (κ1) is 21.8. The molecular weight excluding hydrogens is 376 g/mol. The Hall–Kier alpha value is -2.54. The molecule has 0 unspecified atom stereocenters. The molecule has 0 aliphatic carbocycles. The Kier molecular flexibility index (Phi) is 7.45. The van der Waals surface area contributed by atoms with E-state index in [0.717, 1.165) is 17.6 Å². The van der Waals surface area contributed by atoms with Crippen LogP contribution in [0.1, 0.15) is 42.6 Å². The predicted molar refractivity (Wildman–Crippen MR) is 113 cm³/mol. The molecule has 1 N–H and O–H groups in total. The summed E-state index contributed by atoms with van der Waals surface area (Å²) >= 11 is 0. The van der Waals surface area contributed by atoms with Crippen molar-refractivity contribution in [3.8, 4) is 5.75 Å². The van der Waals surface area contributed by atoms with Crippen LogP contribution in [0.15, 0.2) is 48.5 Å². The third-order valence-corrected chi connectivity index (χ3v) is 5.56. The number of para-hydroxylation sites is 1. The number of sulfonamides is 1. The number of carbonyl (C=O) groups excluding carboxylic acids is 1. The van der Waals surface area contributed by atoms with E-state index in [2.05, 4.69) is 19.2 Å². The Morgan fingerprint density at radius 1 is 1.11 bits per heavy atom. The van der Waals surface area contributed by atoms with E-state index in [1.165, 1.54) is 4.31 Å². The Labute approximate surface area is 167 Å². The van der Waals surface area contributed by atoms with Gasteiger partial charge in [0.05, 0.1) is 18.5 Å². The Bertz CT molecular complexity index is 893. The summed E-state index contributed by atoms with van der Waals surface area (Å²) in [5, 5.41) is 2.82. The van der Waals surface area contributed by atoms with Gasteiger partial charge in [0.25, 0.3) is 5.91 Å². The summed E-state index contributed by atoms with van der Waals surface area (Å²) in [6.45, 7) is 7.05. The summed E-state index contributed by atoms with van der Waals surface area (Å²) < 4.78 is 30.6. The van der Waals surface area contributed by atoms with E-state index < -0.39 is 10.0 Å². The van der Waals surface area contributed by atoms with Gasteiger partial charge in [0.1, 0.15) is 12.4 Å². The molecule has 0 aliphatic rings. The quantitative estimate of drug-likeness (QED) is 0.650. The van der Waals surface area contributed by atoms with Gasteiger partial charge in [-0.25, -0.2) is 8.42 Å². The number of ether oxygens (including phenoxy) is 1. The zero-order chi connectivity index (χ0) is 20.7. The first-order chi connectivity index (χ1) is 13.2. The van der Waals surface area contributed by atoms with Crippen LogP contribution in [0, 0.1) is 0 Å². The fraction of sp³-hybridized carbons (Fsp3) is 0.381. The van der Waals surface area contributed by atoms with Crippen molar-refractivity contribution in [2.45, 2.75) is 26.7 Å². The maximum Gasteiger partial charge on any atom is 0.251 e. The van der Waals surface area contributed by atoms with Gasteiger partial charge in [-0.1, -0.05) is 32.0 Å². The molecule has 0 aliphatic heterocycles. The Morgan fingerprint density at radius 3 is 2.32 bits per heavy atom. The molecule has 152 valence electrons. The molecule has 0 radical (unpaired) electrons. The zero-order valence-corrected chi connectivity index (χ0v) is 17.6. The van der Waals surface area contributed by atoms with Gasteiger partial charge in [-0.3, -0.25) is 9.10 Å². The lowest BCUT2D eigenvalue weighted by Crippen LogP contribution is -2.30. The lowest BCUT2D eigenvalue weighted by Gasteiger charge is -2.20. The highest BCUT2D eigenvalue weighted by Gasteiger charge is 2.15. The maximum atomic E-state index is 12.3. The van der Waals surface area contributed by atoms with E-state index in [4.69, 9.17) is 4.74 Å². The van der Waals surface area contributed by atoms with Gasteiger partial charge in [0, 0.05) is 12.1 Å². The molecule has 0 saturated carbocycles. The second-order valence-corrected chi connectivity index (χ2v) is 8.68.